The molecular formula is C29H36N6O3. The molecule has 9 nitrogen and oxygen atoms in total. The van der Waals surface area contributed by atoms with Gasteiger partial charge in [0.15, 0.2) is 5.82 Å². The van der Waals surface area contributed by atoms with E-state index in [1.165, 1.54) is 11.1 Å². The van der Waals surface area contributed by atoms with Crippen molar-refractivity contribution in [3.63, 3.8) is 0 Å². The lowest BCUT2D eigenvalue weighted by molar-refractivity contribution is 0.0888. The molecule has 1 saturated heterocycles. The molecule has 0 saturated carbocycles. The van der Waals surface area contributed by atoms with Crippen LogP contribution in [0.4, 0.5) is 0 Å². The fraction of sp³-hybridized carbons (Fsp3) is 0.448. The second-order valence-corrected chi connectivity index (χ2v) is 9.97. The molecule has 5 rings (SSSR count). The molecule has 2 aromatic heterocycles. The molecule has 2 aromatic carbocycles. The van der Waals surface area contributed by atoms with Crippen molar-refractivity contribution in [1.29, 1.82) is 0 Å². The molecule has 0 aliphatic carbocycles. The van der Waals surface area contributed by atoms with Crippen LogP contribution < -0.4 is 10.3 Å². The van der Waals surface area contributed by atoms with Crippen LogP contribution in [0.5, 0.6) is 5.75 Å². The molecule has 0 amide bonds. The average Bonchev–Trinajstić information content (AvgIpc) is 3.59. The van der Waals surface area contributed by atoms with Crippen molar-refractivity contribution >= 4 is 10.9 Å². The van der Waals surface area contributed by atoms with E-state index in [9.17, 15) is 4.79 Å². The first-order chi connectivity index (χ1) is 18.5. The zero-order valence-corrected chi connectivity index (χ0v) is 22.4. The lowest BCUT2D eigenvalue weighted by atomic mass is 10.1. The Morgan fingerprint density at radius 3 is 2.74 bits per heavy atom. The number of ether oxygens (including phenoxy) is 2. The van der Waals surface area contributed by atoms with Crippen LogP contribution >= 0.6 is 0 Å². The average molecular weight is 517 g/mol. The number of pyridine rings is 1. The van der Waals surface area contributed by atoms with Gasteiger partial charge in [-0.1, -0.05) is 36.8 Å². The smallest absolute Gasteiger partial charge is 0.252 e. The van der Waals surface area contributed by atoms with E-state index in [0.717, 1.165) is 48.3 Å². The number of hydrogen-bond donors (Lipinski definition) is 1. The van der Waals surface area contributed by atoms with E-state index in [2.05, 4.69) is 63.5 Å². The number of hydrogen-bond acceptors (Lipinski definition) is 7. The van der Waals surface area contributed by atoms with Gasteiger partial charge in [0.1, 0.15) is 5.75 Å². The van der Waals surface area contributed by atoms with Gasteiger partial charge < -0.3 is 14.5 Å². The summed E-state index contributed by atoms with van der Waals surface area (Å²) in [5, 5.41) is 13.7. The number of nitrogens with one attached hydrogen (secondary N) is 1. The molecular weight excluding hydrogens is 480 g/mol. The summed E-state index contributed by atoms with van der Waals surface area (Å²) in [5.74, 6) is 1.58. The van der Waals surface area contributed by atoms with Gasteiger partial charge in [0, 0.05) is 36.2 Å². The number of fused-ring (bicyclic) bond motifs is 1. The lowest BCUT2D eigenvalue weighted by Crippen LogP contribution is -2.33. The summed E-state index contributed by atoms with van der Waals surface area (Å²) in [7, 11) is 0. The summed E-state index contributed by atoms with van der Waals surface area (Å²) in [6.07, 6.45) is 2.99. The molecule has 200 valence electrons. The minimum absolute atomic E-state index is 0.0856. The Kier molecular flexibility index (Phi) is 8.14. The molecule has 1 N–H and O–H groups in total. The van der Waals surface area contributed by atoms with Gasteiger partial charge in [-0.05, 0) is 73.4 Å². The largest absolute Gasteiger partial charge is 0.494 e. The van der Waals surface area contributed by atoms with Crippen molar-refractivity contribution in [3.8, 4) is 5.75 Å². The first kappa shape index (κ1) is 26.1. The molecule has 1 aliphatic rings. The molecule has 0 unspecified atom stereocenters. The van der Waals surface area contributed by atoms with Crippen LogP contribution in [-0.2, 0) is 24.4 Å². The predicted molar refractivity (Wildman–Crippen MR) is 146 cm³/mol. The van der Waals surface area contributed by atoms with Crippen LogP contribution in [0.1, 0.15) is 61.7 Å². The number of tetrazole rings is 1. The summed E-state index contributed by atoms with van der Waals surface area (Å²) in [5.41, 5.74) is 3.77. The SMILES string of the molecule is CCOc1ccc2[nH]c(=O)c(CN(Cc3ccc(C)cc3)[C@@H](CC)c3nnnn3C[C@H]3CCCO3)cc2c1. The highest BCUT2D eigenvalue weighted by molar-refractivity contribution is 5.80. The highest BCUT2D eigenvalue weighted by Crippen LogP contribution is 2.28. The molecule has 9 heteroatoms. The second kappa shape index (κ2) is 11.9. The van der Waals surface area contributed by atoms with Gasteiger partial charge in [0.25, 0.3) is 5.56 Å². The number of aromatic nitrogens is 5. The van der Waals surface area contributed by atoms with Crippen molar-refractivity contribution in [2.75, 3.05) is 13.2 Å². The monoisotopic (exact) mass is 516 g/mol. The van der Waals surface area contributed by atoms with E-state index in [1.807, 2.05) is 35.9 Å². The van der Waals surface area contributed by atoms with Crippen molar-refractivity contribution in [1.82, 2.24) is 30.1 Å². The first-order valence-corrected chi connectivity index (χ1v) is 13.5. The highest BCUT2D eigenvalue weighted by Gasteiger charge is 2.28. The van der Waals surface area contributed by atoms with Crippen LogP contribution in [0.25, 0.3) is 10.9 Å². The summed E-state index contributed by atoms with van der Waals surface area (Å²) < 4.78 is 13.4. The summed E-state index contributed by atoms with van der Waals surface area (Å²) in [6.45, 7) is 9.29. The molecule has 0 spiro atoms. The first-order valence-electron chi connectivity index (χ1n) is 13.5. The van der Waals surface area contributed by atoms with E-state index >= 15 is 0 Å². The van der Waals surface area contributed by atoms with Crippen molar-refractivity contribution in [2.24, 2.45) is 0 Å². The maximum absolute atomic E-state index is 13.2. The Labute approximate surface area is 222 Å². The van der Waals surface area contributed by atoms with Gasteiger partial charge in [0.2, 0.25) is 0 Å². The number of aromatic amines is 1. The quantitative estimate of drug-likeness (QED) is 0.312. The van der Waals surface area contributed by atoms with Crippen molar-refractivity contribution in [3.05, 3.63) is 81.4 Å². The minimum atomic E-state index is -0.0932. The van der Waals surface area contributed by atoms with Gasteiger partial charge in [-0.15, -0.1) is 5.10 Å². The second-order valence-electron chi connectivity index (χ2n) is 9.97. The van der Waals surface area contributed by atoms with Gasteiger partial charge >= 0.3 is 0 Å². The Morgan fingerprint density at radius 1 is 1.16 bits per heavy atom. The number of nitrogens with zero attached hydrogens (tertiary/aromatic N) is 5. The molecule has 2 atom stereocenters. The van der Waals surface area contributed by atoms with E-state index in [1.54, 1.807) is 0 Å². The van der Waals surface area contributed by atoms with Crippen LogP contribution in [0.2, 0.25) is 0 Å². The van der Waals surface area contributed by atoms with E-state index < -0.39 is 0 Å². The lowest BCUT2D eigenvalue weighted by Gasteiger charge is -2.30. The third kappa shape index (κ3) is 5.95. The van der Waals surface area contributed by atoms with Gasteiger partial charge in [0.05, 0.1) is 25.3 Å². The Balaban J connectivity index is 1.49. The number of aryl methyl sites for hydroxylation is 1. The van der Waals surface area contributed by atoms with Crippen molar-refractivity contribution in [2.45, 2.75) is 71.8 Å². The van der Waals surface area contributed by atoms with Gasteiger partial charge in [-0.3, -0.25) is 9.69 Å². The Hall–Kier alpha value is -3.56. The summed E-state index contributed by atoms with van der Waals surface area (Å²) >= 11 is 0. The predicted octanol–water partition coefficient (Wildman–Crippen LogP) is 4.55. The minimum Gasteiger partial charge on any atom is -0.494 e. The van der Waals surface area contributed by atoms with E-state index in [-0.39, 0.29) is 17.7 Å². The molecule has 1 fully saturated rings. The van der Waals surface area contributed by atoms with Crippen LogP contribution in [0.3, 0.4) is 0 Å². The zero-order chi connectivity index (χ0) is 26.5. The molecule has 0 bridgehead atoms. The molecule has 0 radical (unpaired) electrons. The van der Waals surface area contributed by atoms with Crippen LogP contribution in [0.15, 0.2) is 53.3 Å². The number of H-pyrrole nitrogens is 1. The summed E-state index contributed by atoms with van der Waals surface area (Å²) in [4.78, 5) is 18.5. The fourth-order valence-corrected chi connectivity index (χ4v) is 5.19. The summed E-state index contributed by atoms with van der Waals surface area (Å²) in [6, 6.07) is 16.2. The van der Waals surface area contributed by atoms with E-state index in [0.29, 0.717) is 31.8 Å². The fourth-order valence-electron chi connectivity index (χ4n) is 5.19. The Bertz CT molecular complexity index is 1410. The third-order valence-corrected chi connectivity index (χ3v) is 7.17. The van der Waals surface area contributed by atoms with E-state index in [4.69, 9.17) is 9.47 Å². The molecule has 4 aromatic rings. The normalized spacial score (nSPS) is 16.4. The number of benzene rings is 2. The third-order valence-electron chi connectivity index (χ3n) is 7.17. The molecule has 38 heavy (non-hydrogen) atoms. The topological polar surface area (TPSA) is 98.2 Å². The van der Waals surface area contributed by atoms with Crippen molar-refractivity contribution < 1.29 is 9.47 Å². The Morgan fingerprint density at radius 2 is 2.00 bits per heavy atom. The zero-order valence-electron chi connectivity index (χ0n) is 22.4. The maximum atomic E-state index is 13.2. The number of rotatable bonds is 11. The molecule has 3 heterocycles. The standard InChI is InChI=1S/C29H36N6O3/c1-4-27(28-31-32-33-35(28)19-25-7-6-14-38-25)34(17-21-10-8-20(3)9-11-21)18-23-15-22-16-24(37-5-2)12-13-26(22)30-29(23)36/h8-13,15-16,25,27H,4-7,14,17-19H2,1-3H3,(H,30,36)/t25-,27+/m1/s1. The van der Waals surface area contributed by atoms with Gasteiger partial charge in [-0.25, -0.2) is 4.68 Å². The highest BCUT2D eigenvalue weighted by atomic mass is 16.5. The van der Waals surface area contributed by atoms with Crippen LogP contribution in [-0.4, -0.2) is 49.4 Å². The van der Waals surface area contributed by atoms with Gasteiger partial charge in [-0.2, -0.15) is 0 Å². The maximum Gasteiger partial charge on any atom is 0.252 e. The molecule has 1 aliphatic heterocycles. The van der Waals surface area contributed by atoms with Crippen LogP contribution in [0, 0.1) is 6.92 Å².